The summed E-state index contributed by atoms with van der Waals surface area (Å²) in [5, 5.41) is 1.60. The molecular formula is C15H13F5N2O2. The molecule has 0 aromatic heterocycles. The number of fused-ring (bicyclic) bond motifs is 2. The summed E-state index contributed by atoms with van der Waals surface area (Å²) in [5.41, 5.74) is -1.43. The van der Waals surface area contributed by atoms with Gasteiger partial charge >= 0.3 is 6.09 Å². The normalized spacial score (nSPS) is 25.8. The Bertz CT molecular complexity index is 679. The number of nitrogens with zero attached hydrogens (tertiary/aromatic N) is 1. The highest BCUT2D eigenvalue weighted by Gasteiger charge is 2.36. The molecule has 1 saturated heterocycles. The highest BCUT2D eigenvalue weighted by Crippen LogP contribution is 2.31. The first-order chi connectivity index (χ1) is 11.3. The molecule has 4 nitrogen and oxygen atoms in total. The van der Waals surface area contributed by atoms with Crippen LogP contribution in [0.3, 0.4) is 0 Å². The maximum atomic E-state index is 13.5. The third-order valence-electron chi connectivity index (χ3n) is 4.32. The van der Waals surface area contributed by atoms with Crippen molar-refractivity contribution in [2.45, 2.75) is 31.0 Å². The third-order valence-corrected chi connectivity index (χ3v) is 4.32. The van der Waals surface area contributed by atoms with Crippen LogP contribution < -0.4 is 5.32 Å². The topological polar surface area (TPSA) is 41.6 Å². The number of rotatable bonds is 2. The van der Waals surface area contributed by atoms with E-state index in [9.17, 15) is 26.7 Å². The van der Waals surface area contributed by atoms with E-state index in [1.807, 2.05) is 19.2 Å². The van der Waals surface area contributed by atoms with Crippen molar-refractivity contribution in [1.29, 1.82) is 0 Å². The maximum absolute atomic E-state index is 13.5. The molecule has 1 fully saturated rings. The van der Waals surface area contributed by atoms with E-state index in [4.69, 9.17) is 4.74 Å². The van der Waals surface area contributed by atoms with Gasteiger partial charge in [-0.25, -0.2) is 26.7 Å². The second kappa shape index (κ2) is 6.04. The molecule has 3 atom stereocenters. The van der Waals surface area contributed by atoms with Crippen LogP contribution in [0.2, 0.25) is 0 Å². The van der Waals surface area contributed by atoms with Crippen LogP contribution in [0.1, 0.15) is 12.8 Å². The van der Waals surface area contributed by atoms with E-state index < -0.39 is 47.0 Å². The van der Waals surface area contributed by atoms with E-state index in [2.05, 4.69) is 4.90 Å². The molecule has 1 N–H and O–H groups in total. The fourth-order valence-electron chi connectivity index (χ4n) is 2.99. The number of carbonyl (C=O) groups is 1. The van der Waals surface area contributed by atoms with Gasteiger partial charge < -0.3 is 4.74 Å². The lowest BCUT2D eigenvalue weighted by molar-refractivity contribution is 0.0410. The first kappa shape index (κ1) is 16.7. The van der Waals surface area contributed by atoms with Crippen molar-refractivity contribution in [3.05, 3.63) is 41.2 Å². The molecule has 1 amide bonds. The highest BCUT2D eigenvalue weighted by atomic mass is 19.2. The molecule has 2 aliphatic heterocycles. The summed E-state index contributed by atoms with van der Waals surface area (Å²) in [6.45, 7) is 0. The molecule has 1 aromatic rings. The smallest absolute Gasteiger partial charge is 0.412 e. The summed E-state index contributed by atoms with van der Waals surface area (Å²) in [6, 6.07) is 0.159. The van der Waals surface area contributed by atoms with E-state index in [1.165, 1.54) is 0 Å². The average Bonchev–Trinajstić information content (AvgIpc) is 2.76. The molecule has 0 aliphatic carbocycles. The van der Waals surface area contributed by atoms with Gasteiger partial charge in [-0.1, -0.05) is 12.2 Å². The zero-order valence-electron chi connectivity index (χ0n) is 12.5. The lowest BCUT2D eigenvalue weighted by atomic mass is 10.00. The Hall–Kier alpha value is -2.16. The van der Waals surface area contributed by atoms with E-state index >= 15 is 0 Å². The van der Waals surface area contributed by atoms with Crippen molar-refractivity contribution < 1.29 is 31.5 Å². The molecule has 0 radical (unpaired) electrons. The second-order valence-corrected chi connectivity index (χ2v) is 5.75. The minimum Gasteiger partial charge on any atom is -0.446 e. The van der Waals surface area contributed by atoms with Gasteiger partial charge in [0.15, 0.2) is 23.3 Å². The van der Waals surface area contributed by atoms with E-state index in [0.717, 1.165) is 0 Å². The number of hydrogen-bond acceptors (Lipinski definition) is 3. The number of ether oxygens (including phenoxy) is 1. The standard InChI is InChI=1S/C15H13F5N2O2/c1-22-6-2-3-7(22)5-8(4-6)24-15(23)21-14-12(19)10(17)9(16)11(18)13(14)20/h2-3,6-8H,4-5H2,1H3,(H,21,23)/t6-,7+,8?. The molecule has 2 heterocycles. The molecule has 2 bridgehead atoms. The molecule has 0 saturated carbocycles. The summed E-state index contributed by atoms with van der Waals surface area (Å²) >= 11 is 0. The van der Waals surface area contributed by atoms with Crippen LogP contribution >= 0.6 is 0 Å². The van der Waals surface area contributed by atoms with Gasteiger partial charge in [0.2, 0.25) is 5.82 Å². The Labute approximate surface area is 133 Å². The molecule has 130 valence electrons. The molecule has 24 heavy (non-hydrogen) atoms. The minimum absolute atomic E-state index is 0.0794. The zero-order valence-corrected chi connectivity index (χ0v) is 12.5. The van der Waals surface area contributed by atoms with Crippen LogP contribution in [0, 0.1) is 29.1 Å². The highest BCUT2D eigenvalue weighted by molar-refractivity contribution is 5.85. The Balaban J connectivity index is 1.70. The molecule has 9 heteroatoms. The van der Waals surface area contributed by atoms with Gasteiger partial charge in [0, 0.05) is 24.9 Å². The number of benzene rings is 1. The summed E-state index contributed by atoms with van der Waals surface area (Å²) in [7, 11) is 1.92. The SMILES string of the molecule is CN1[C@@H]2C=C[C@H]1CC(OC(=O)Nc1c(F)c(F)c(F)c(F)c1F)C2. The first-order valence-electron chi connectivity index (χ1n) is 7.19. The number of halogens is 5. The molecular weight excluding hydrogens is 335 g/mol. The van der Waals surface area contributed by atoms with E-state index in [-0.39, 0.29) is 12.1 Å². The lowest BCUT2D eigenvalue weighted by Crippen LogP contribution is -2.44. The van der Waals surface area contributed by atoms with Gasteiger partial charge in [-0.2, -0.15) is 0 Å². The number of anilines is 1. The van der Waals surface area contributed by atoms with Crippen molar-refractivity contribution in [2.24, 2.45) is 0 Å². The van der Waals surface area contributed by atoms with Gasteiger partial charge in [-0.3, -0.25) is 10.2 Å². The van der Waals surface area contributed by atoms with Gasteiger partial charge in [0.25, 0.3) is 0 Å². The summed E-state index contributed by atoms with van der Waals surface area (Å²) in [5.74, 6) is -10.8. The number of carbonyl (C=O) groups excluding carboxylic acids is 1. The van der Waals surface area contributed by atoms with Crippen molar-refractivity contribution in [1.82, 2.24) is 4.90 Å². The first-order valence-corrected chi connectivity index (χ1v) is 7.19. The van der Waals surface area contributed by atoms with Crippen molar-refractivity contribution in [3.8, 4) is 0 Å². The van der Waals surface area contributed by atoms with Crippen LogP contribution in [0.5, 0.6) is 0 Å². The Morgan fingerprint density at radius 1 is 1.00 bits per heavy atom. The predicted molar refractivity (Wildman–Crippen MR) is 73.8 cm³/mol. The second-order valence-electron chi connectivity index (χ2n) is 5.75. The number of likely N-dealkylation sites (N-methyl/N-ethyl adjacent to an activating group) is 1. The van der Waals surface area contributed by atoms with Crippen molar-refractivity contribution >= 4 is 11.8 Å². The predicted octanol–water partition coefficient (Wildman–Crippen LogP) is 3.33. The largest absolute Gasteiger partial charge is 0.446 e. The maximum Gasteiger partial charge on any atom is 0.412 e. The van der Waals surface area contributed by atoms with Crippen molar-refractivity contribution in [2.75, 3.05) is 12.4 Å². The summed E-state index contributed by atoms with van der Waals surface area (Å²) in [4.78, 5) is 13.9. The Morgan fingerprint density at radius 2 is 1.46 bits per heavy atom. The molecule has 1 unspecified atom stereocenters. The van der Waals surface area contributed by atoms with Gasteiger partial charge in [-0.05, 0) is 7.05 Å². The van der Waals surface area contributed by atoms with E-state index in [0.29, 0.717) is 12.8 Å². The van der Waals surface area contributed by atoms with Crippen LogP contribution in [0.4, 0.5) is 32.4 Å². The van der Waals surface area contributed by atoms with Gasteiger partial charge in [0.05, 0.1) is 0 Å². The summed E-state index contributed by atoms with van der Waals surface area (Å²) in [6.07, 6.45) is 3.10. The van der Waals surface area contributed by atoms with Crippen LogP contribution in [-0.4, -0.2) is 36.2 Å². The fraction of sp³-hybridized carbons (Fsp3) is 0.400. The Morgan fingerprint density at radius 3 is 1.96 bits per heavy atom. The van der Waals surface area contributed by atoms with Crippen LogP contribution in [0.25, 0.3) is 0 Å². The molecule has 3 rings (SSSR count). The molecule has 1 aromatic carbocycles. The van der Waals surface area contributed by atoms with Gasteiger partial charge in [-0.15, -0.1) is 0 Å². The van der Waals surface area contributed by atoms with Crippen LogP contribution in [-0.2, 0) is 4.74 Å². The molecule has 2 aliphatic rings. The number of amides is 1. The number of nitrogens with one attached hydrogen (secondary N) is 1. The monoisotopic (exact) mass is 348 g/mol. The average molecular weight is 348 g/mol. The lowest BCUT2D eigenvalue weighted by Gasteiger charge is -2.35. The van der Waals surface area contributed by atoms with E-state index in [1.54, 1.807) is 5.32 Å². The number of hydrogen-bond donors (Lipinski definition) is 1. The van der Waals surface area contributed by atoms with Crippen molar-refractivity contribution in [3.63, 3.8) is 0 Å². The Kier molecular flexibility index (Phi) is 4.20. The zero-order chi connectivity index (χ0) is 17.6. The van der Waals surface area contributed by atoms with Crippen LogP contribution in [0.15, 0.2) is 12.2 Å². The third kappa shape index (κ3) is 2.72. The molecule has 0 spiro atoms. The minimum atomic E-state index is -2.29. The fourth-order valence-corrected chi connectivity index (χ4v) is 2.99. The number of piperidine rings is 1. The summed E-state index contributed by atoms with van der Waals surface area (Å²) < 4.78 is 71.2. The quantitative estimate of drug-likeness (QED) is 0.386. The van der Waals surface area contributed by atoms with Gasteiger partial charge in [0.1, 0.15) is 11.8 Å².